The number of benzene rings is 2. The molecule has 5 heteroatoms. The highest BCUT2D eigenvalue weighted by Crippen LogP contribution is 2.23. The molecule has 3 N–H and O–H groups in total. The van der Waals surface area contributed by atoms with E-state index >= 15 is 0 Å². The first kappa shape index (κ1) is 13.7. The van der Waals surface area contributed by atoms with Gasteiger partial charge in [0.1, 0.15) is 6.10 Å². The van der Waals surface area contributed by atoms with E-state index in [4.69, 9.17) is 5.73 Å². The van der Waals surface area contributed by atoms with Gasteiger partial charge in [-0.2, -0.15) is 0 Å². The van der Waals surface area contributed by atoms with E-state index in [2.05, 4.69) is 0 Å². The van der Waals surface area contributed by atoms with Crippen molar-refractivity contribution < 1.29 is 13.9 Å². The van der Waals surface area contributed by atoms with Gasteiger partial charge in [0.2, 0.25) is 0 Å². The summed E-state index contributed by atoms with van der Waals surface area (Å²) >= 11 is -2.10. The first-order valence-corrected chi connectivity index (χ1v) is 6.99. The van der Waals surface area contributed by atoms with Crippen LogP contribution in [0.3, 0.4) is 0 Å². The highest BCUT2D eigenvalue weighted by Gasteiger charge is 2.10. The second-order valence-electron chi connectivity index (χ2n) is 4.26. The summed E-state index contributed by atoms with van der Waals surface area (Å²) in [7, 11) is 0. The lowest BCUT2D eigenvalue weighted by Gasteiger charge is -2.13. The van der Waals surface area contributed by atoms with Crippen molar-refractivity contribution in [2.45, 2.75) is 11.9 Å². The third-order valence-corrected chi connectivity index (χ3v) is 3.38. The molecule has 2 rings (SSSR count). The molecule has 2 aromatic rings. The molecule has 0 saturated carbocycles. The number of hydrogen-bond acceptors (Lipinski definition) is 4. The van der Waals surface area contributed by atoms with Crippen molar-refractivity contribution in [3.8, 4) is 0 Å². The lowest BCUT2D eigenvalue weighted by Crippen LogP contribution is -2.01. The second kappa shape index (κ2) is 5.97. The summed E-state index contributed by atoms with van der Waals surface area (Å²) in [5.41, 5.74) is 8.37. The maximum absolute atomic E-state index is 10.6. The quantitative estimate of drug-likeness (QED) is 0.657. The zero-order valence-corrected chi connectivity index (χ0v) is 11.0. The third-order valence-electron chi connectivity index (χ3n) is 2.81. The van der Waals surface area contributed by atoms with Crippen molar-refractivity contribution in [3.63, 3.8) is 0 Å². The maximum atomic E-state index is 10.6. The molecule has 2 unspecified atom stereocenters. The molecule has 0 heterocycles. The van der Waals surface area contributed by atoms with Crippen molar-refractivity contribution in [2.24, 2.45) is 0 Å². The van der Waals surface area contributed by atoms with Crippen LogP contribution in [0.25, 0.3) is 0 Å². The normalized spacial score (nSPS) is 14.0. The van der Waals surface area contributed by atoms with Crippen LogP contribution in [0.4, 0.5) is 5.69 Å². The SMILES string of the molecule is Nc1cccc(C(O)c2ccc(CS(=O)[O-])cc2)c1. The van der Waals surface area contributed by atoms with E-state index in [0.717, 1.165) is 0 Å². The van der Waals surface area contributed by atoms with Crippen molar-refractivity contribution in [1.82, 2.24) is 0 Å². The van der Waals surface area contributed by atoms with Gasteiger partial charge < -0.3 is 15.4 Å². The maximum Gasteiger partial charge on any atom is 0.104 e. The smallest absolute Gasteiger partial charge is 0.104 e. The van der Waals surface area contributed by atoms with E-state index in [-0.39, 0.29) is 5.75 Å². The summed E-state index contributed by atoms with van der Waals surface area (Å²) in [6.45, 7) is 0. The fourth-order valence-corrected chi connectivity index (χ4v) is 2.32. The summed E-state index contributed by atoms with van der Waals surface area (Å²) in [5.74, 6) is -0.0192. The molecule has 0 bridgehead atoms. The van der Waals surface area contributed by atoms with E-state index < -0.39 is 17.2 Å². The van der Waals surface area contributed by atoms with Crippen LogP contribution < -0.4 is 5.73 Å². The molecule has 0 aliphatic rings. The number of nitrogens with two attached hydrogens (primary N) is 1. The summed E-state index contributed by atoms with van der Waals surface area (Å²) in [4.78, 5) is 0. The molecule has 2 aromatic carbocycles. The number of aliphatic hydroxyl groups excluding tert-OH is 1. The standard InChI is InChI=1S/C14H15NO3S/c15-13-3-1-2-12(8-13)14(16)11-6-4-10(5-7-11)9-19(17)18/h1-8,14,16H,9,15H2,(H,17,18)/p-1. The molecule has 19 heavy (non-hydrogen) atoms. The molecule has 0 spiro atoms. The Balaban J connectivity index is 2.20. The van der Waals surface area contributed by atoms with Gasteiger partial charge in [0.25, 0.3) is 0 Å². The lowest BCUT2D eigenvalue weighted by molar-refractivity contribution is 0.220. The second-order valence-corrected chi connectivity index (χ2v) is 5.16. The molecular weight excluding hydrogens is 262 g/mol. The summed E-state index contributed by atoms with van der Waals surface area (Å²) in [5, 5.41) is 10.2. The summed E-state index contributed by atoms with van der Waals surface area (Å²) in [6, 6.07) is 13.9. The Bertz CT molecular complexity index is 583. The zero-order chi connectivity index (χ0) is 13.8. The Morgan fingerprint density at radius 2 is 1.84 bits per heavy atom. The van der Waals surface area contributed by atoms with Crippen LogP contribution in [-0.4, -0.2) is 13.9 Å². The van der Waals surface area contributed by atoms with E-state index in [1.165, 1.54) is 0 Å². The Morgan fingerprint density at radius 1 is 1.16 bits per heavy atom. The van der Waals surface area contributed by atoms with Crippen LogP contribution in [0.5, 0.6) is 0 Å². The van der Waals surface area contributed by atoms with Crippen LogP contribution in [0.2, 0.25) is 0 Å². The molecule has 0 fully saturated rings. The van der Waals surface area contributed by atoms with Crippen LogP contribution in [-0.2, 0) is 16.8 Å². The Labute approximate surface area is 114 Å². The lowest BCUT2D eigenvalue weighted by atomic mass is 10.0. The van der Waals surface area contributed by atoms with Crippen molar-refractivity contribution in [2.75, 3.05) is 5.73 Å². The number of anilines is 1. The minimum absolute atomic E-state index is 0.0192. The molecule has 0 aliphatic carbocycles. The topological polar surface area (TPSA) is 86.4 Å². The average molecular weight is 276 g/mol. The molecular formula is C14H14NO3S-. The largest absolute Gasteiger partial charge is 0.772 e. The fourth-order valence-electron chi connectivity index (χ4n) is 1.85. The van der Waals surface area contributed by atoms with E-state index in [1.807, 2.05) is 0 Å². The number of aliphatic hydroxyl groups is 1. The molecule has 0 amide bonds. The molecule has 0 saturated heterocycles. The zero-order valence-electron chi connectivity index (χ0n) is 10.2. The monoisotopic (exact) mass is 276 g/mol. The summed E-state index contributed by atoms with van der Waals surface area (Å²) in [6.07, 6.45) is -0.768. The predicted octanol–water partition coefficient (Wildman–Crippen LogP) is 1.73. The van der Waals surface area contributed by atoms with Crippen molar-refractivity contribution in [1.29, 1.82) is 0 Å². The predicted molar refractivity (Wildman–Crippen MR) is 74.0 cm³/mol. The van der Waals surface area contributed by atoms with E-state index in [1.54, 1.807) is 48.5 Å². The van der Waals surface area contributed by atoms with Crippen LogP contribution in [0, 0.1) is 0 Å². The molecule has 2 atom stereocenters. The first-order chi connectivity index (χ1) is 9.06. The van der Waals surface area contributed by atoms with Gasteiger partial charge in [-0.25, -0.2) is 0 Å². The van der Waals surface area contributed by atoms with Gasteiger partial charge in [-0.15, -0.1) is 0 Å². The highest BCUT2D eigenvalue weighted by atomic mass is 32.2. The van der Waals surface area contributed by atoms with Gasteiger partial charge >= 0.3 is 0 Å². The number of nitrogen functional groups attached to an aromatic ring is 1. The molecule has 4 nitrogen and oxygen atoms in total. The average Bonchev–Trinajstić information content (AvgIpc) is 2.38. The van der Waals surface area contributed by atoms with Crippen LogP contribution in [0.1, 0.15) is 22.8 Å². The molecule has 0 aromatic heterocycles. The Kier molecular flexibility index (Phi) is 4.31. The molecule has 0 radical (unpaired) electrons. The molecule has 100 valence electrons. The van der Waals surface area contributed by atoms with Gasteiger partial charge in [-0.1, -0.05) is 47.5 Å². The first-order valence-electron chi connectivity index (χ1n) is 5.74. The van der Waals surface area contributed by atoms with Gasteiger partial charge in [-0.3, -0.25) is 4.21 Å². The van der Waals surface area contributed by atoms with Crippen molar-refractivity contribution in [3.05, 3.63) is 65.2 Å². The number of hydrogen-bond donors (Lipinski definition) is 2. The fraction of sp³-hybridized carbons (Fsp3) is 0.143. The van der Waals surface area contributed by atoms with Gasteiger partial charge in [0.05, 0.1) is 0 Å². The molecule has 0 aliphatic heterocycles. The highest BCUT2D eigenvalue weighted by molar-refractivity contribution is 7.78. The number of rotatable bonds is 4. The van der Waals surface area contributed by atoms with Crippen molar-refractivity contribution >= 4 is 16.8 Å². The minimum atomic E-state index is -2.10. The minimum Gasteiger partial charge on any atom is -0.772 e. The Morgan fingerprint density at radius 3 is 2.42 bits per heavy atom. The van der Waals surface area contributed by atoms with Crippen LogP contribution >= 0.6 is 0 Å². The third kappa shape index (κ3) is 3.64. The van der Waals surface area contributed by atoms with Gasteiger partial charge in [-0.05, 0) is 28.8 Å². The Hall–Kier alpha value is -1.69. The van der Waals surface area contributed by atoms with E-state index in [0.29, 0.717) is 22.4 Å². The van der Waals surface area contributed by atoms with Crippen LogP contribution in [0.15, 0.2) is 48.5 Å². The van der Waals surface area contributed by atoms with Gasteiger partial charge in [0, 0.05) is 11.4 Å². The van der Waals surface area contributed by atoms with E-state index in [9.17, 15) is 13.9 Å². The van der Waals surface area contributed by atoms with Gasteiger partial charge in [0.15, 0.2) is 0 Å². The summed E-state index contributed by atoms with van der Waals surface area (Å²) < 4.78 is 21.2.